The highest BCUT2D eigenvalue weighted by Crippen LogP contribution is 2.13. The summed E-state index contributed by atoms with van der Waals surface area (Å²) in [5.74, 6) is 0. The lowest BCUT2D eigenvalue weighted by atomic mass is 10.2. The fourth-order valence-electron chi connectivity index (χ4n) is 1.28. The third-order valence-electron chi connectivity index (χ3n) is 1.91. The molecule has 0 saturated heterocycles. The Morgan fingerprint density at radius 3 is 2.53 bits per heavy atom. The van der Waals surface area contributed by atoms with Crippen LogP contribution in [0.3, 0.4) is 0 Å². The van der Waals surface area contributed by atoms with Crippen molar-refractivity contribution in [1.29, 1.82) is 0 Å². The lowest BCUT2D eigenvalue weighted by Gasteiger charge is -2.04. The highest BCUT2D eigenvalue weighted by molar-refractivity contribution is 5.58. The maximum absolute atomic E-state index is 4.16. The van der Waals surface area contributed by atoms with Crippen LogP contribution >= 0.6 is 0 Å². The van der Waals surface area contributed by atoms with Gasteiger partial charge in [0.1, 0.15) is 0 Å². The first-order chi connectivity index (χ1) is 7.42. The summed E-state index contributed by atoms with van der Waals surface area (Å²) in [5.41, 5.74) is 2.15. The van der Waals surface area contributed by atoms with Gasteiger partial charge in [-0.15, -0.1) is 0 Å². The number of benzene rings is 1. The summed E-state index contributed by atoms with van der Waals surface area (Å²) >= 11 is 0. The molecule has 78 valence electrons. The molecular formula is C13H16N2. The summed E-state index contributed by atoms with van der Waals surface area (Å²) in [5, 5.41) is 4.16. The summed E-state index contributed by atoms with van der Waals surface area (Å²) in [7, 11) is 0. The highest BCUT2D eigenvalue weighted by Gasteiger charge is 1.98. The van der Waals surface area contributed by atoms with Gasteiger partial charge in [-0.2, -0.15) is 5.10 Å². The van der Waals surface area contributed by atoms with Crippen LogP contribution in [0.25, 0.3) is 11.8 Å². The molecule has 2 nitrogen and oxygen atoms in total. The summed E-state index contributed by atoms with van der Waals surface area (Å²) in [6.07, 6.45) is 5.51. The maximum Gasteiger partial charge on any atom is 0.0717 e. The lowest BCUT2D eigenvalue weighted by Crippen LogP contribution is -1.96. The second-order valence-electron chi connectivity index (χ2n) is 2.71. The fraction of sp³-hybridized carbons (Fsp3) is 0.154. The molecule has 0 aliphatic heterocycles. The molecule has 0 radical (unpaired) electrons. The minimum atomic E-state index is 1.06. The van der Waals surface area contributed by atoms with Gasteiger partial charge in [0, 0.05) is 12.4 Å². The van der Waals surface area contributed by atoms with E-state index in [1.165, 1.54) is 0 Å². The Labute approximate surface area is 90.9 Å². The maximum atomic E-state index is 4.16. The van der Waals surface area contributed by atoms with Crippen LogP contribution in [-0.2, 0) is 0 Å². The van der Waals surface area contributed by atoms with Crippen LogP contribution in [-0.4, -0.2) is 9.78 Å². The molecule has 0 aliphatic rings. The van der Waals surface area contributed by atoms with Crippen molar-refractivity contribution in [3.63, 3.8) is 0 Å². The van der Waals surface area contributed by atoms with E-state index >= 15 is 0 Å². The summed E-state index contributed by atoms with van der Waals surface area (Å²) in [6.45, 7) is 7.76. The van der Waals surface area contributed by atoms with Crippen molar-refractivity contribution in [2.24, 2.45) is 0 Å². The Hall–Kier alpha value is -1.83. The molecule has 1 aromatic heterocycles. The number of hydrogen-bond acceptors (Lipinski definition) is 1. The van der Waals surface area contributed by atoms with Crippen molar-refractivity contribution in [3.8, 4) is 5.69 Å². The minimum Gasteiger partial charge on any atom is -0.240 e. The fourth-order valence-corrected chi connectivity index (χ4v) is 1.28. The van der Waals surface area contributed by atoms with Gasteiger partial charge in [-0.25, -0.2) is 4.68 Å². The van der Waals surface area contributed by atoms with Crippen molar-refractivity contribution >= 4 is 6.08 Å². The van der Waals surface area contributed by atoms with Gasteiger partial charge in [0.05, 0.1) is 5.69 Å². The molecule has 0 spiro atoms. The van der Waals surface area contributed by atoms with E-state index in [-0.39, 0.29) is 0 Å². The van der Waals surface area contributed by atoms with E-state index in [4.69, 9.17) is 0 Å². The van der Waals surface area contributed by atoms with Crippen LogP contribution in [0.4, 0.5) is 0 Å². The van der Waals surface area contributed by atoms with Gasteiger partial charge in [0.25, 0.3) is 0 Å². The minimum absolute atomic E-state index is 1.06. The number of para-hydroxylation sites is 1. The quantitative estimate of drug-likeness (QED) is 0.725. The zero-order valence-corrected chi connectivity index (χ0v) is 9.22. The van der Waals surface area contributed by atoms with Gasteiger partial charge in [-0.05, 0) is 17.7 Å². The van der Waals surface area contributed by atoms with Crippen LogP contribution in [0.5, 0.6) is 0 Å². The first-order valence-electron chi connectivity index (χ1n) is 5.13. The van der Waals surface area contributed by atoms with Gasteiger partial charge in [-0.3, -0.25) is 0 Å². The highest BCUT2D eigenvalue weighted by atomic mass is 15.3. The molecule has 1 heterocycles. The second kappa shape index (κ2) is 5.81. The molecular weight excluding hydrogens is 184 g/mol. The van der Waals surface area contributed by atoms with Gasteiger partial charge >= 0.3 is 0 Å². The molecule has 2 aromatic rings. The van der Waals surface area contributed by atoms with Crippen molar-refractivity contribution in [2.45, 2.75) is 13.8 Å². The first-order valence-corrected chi connectivity index (χ1v) is 5.13. The van der Waals surface area contributed by atoms with Crippen molar-refractivity contribution in [1.82, 2.24) is 9.78 Å². The molecule has 0 saturated carbocycles. The van der Waals surface area contributed by atoms with E-state index in [1.54, 1.807) is 6.20 Å². The Morgan fingerprint density at radius 2 is 1.93 bits per heavy atom. The van der Waals surface area contributed by atoms with Gasteiger partial charge < -0.3 is 0 Å². The Bertz CT molecular complexity index is 402. The van der Waals surface area contributed by atoms with Gasteiger partial charge in [-0.1, -0.05) is 44.7 Å². The Balaban J connectivity index is 0.000000531. The summed E-state index contributed by atoms with van der Waals surface area (Å²) in [6, 6.07) is 9.92. The number of hydrogen-bond donors (Lipinski definition) is 0. The van der Waals surface area contributed by atoms with E-state index in [0.717, 1.165) is 11.3 Å². The molecule has 2 heteroatoms. The number of rotatable bonds is 2. The van der Waals surface area contributed by atoms with Crippen molar-refractivity contribution in [3.05, 3.63) is 54.9 Å². The van der Waals surface area contributed by atoms with Crippen LogP contribution in [0.15, 0.2) is 49.3 Å². The SMILES string of the molecule is C=Cc1ccccc1-n1cccn1.CC. The lowest BCUT2D eigenvalue weighted by molar-refractivity contribution is 0.878. The Morgan fingerprint density at radius 1 is 1.20 bits per heavy atom. The average molecular weight is 200 g/mol. The van der Waals surface area contributed by atoms with Crippen molar-refractivity contribution in [2.75, 3.05) is 0 Å². The third kappa shape index (κ3) is 2.56. The molecule has 0 N–H and O–H groups in total. The molecule has 0 atom stereocenters. The van der Waals surface area contributed by atoms with Crippen LogP contribution in [0.2, 0.25) is 0 Å². The number of nitrogens with zero attached hydrogens (tertiary/aromatic N) is 2. The predicted octanol–water partition coefficient (Wildman–Crippen LogP) is 3.54. The zero-order chi connectivity index (χ0) is 11.1. The topological polar surface area (TPSA) is 17.8 Å². The number of aromatic nitrogens is 2. The van der Waals surface area contributed by atoms with Gasteiger partial charge in [0.15, 0.2) is 0 Å². The molecule has 0 unspecified atom stereocenters. The monoisotopic (exact) mass is 200 g/mol. The summed E-state index contributed by atoms with van der Waals surface area (Å²) < 4.78 is 1.83. The standard InChI is InChI=1S/C11H10N2.C2H6/c1-2-10-6-3-4-7-11(10)13-9-5-8-12-13;1-2/h2-9H,1H2;1-2H3. The van der Waals surface area contributed by atoms with E-state index < -0.39 is 0 Å². The van der Waals surface area contributed by atoms with E-state index in [2.05, 4.69) is 11.7 Å². The van der Waals surface area contributed by atoms with Crippen molar-refractivity contribution < 1.29 is 0 Å². The van der Waals surface area contributed by atoms with E-state index in [1.807, 2.05) is 61.1 Å². The molecule has 15 heavy (non-hydrogen) atoms. The molecule has 2 rings (SSSR count). The molecule has 1 aromatic carbocycles. The van der Waals surface area contributed by atoms with E-state index in [9.17, 15) is 0 Å². The van der Waals surface area contributed by atoms with E-state index in [0.29, 0.717) is 0 Å². The molecule has 0 amide bonds. The first kappa shape index (κ1) is 11.2. The molecule has 0 fully saturated rings. The smallest absolute Gasteiger partial charge is 0.0717 e. The predicted molar refractivity (Wildman–Crippen MR) is 65.0 cm³/mol. The second-order valence-corrected chi connectivity index (χ2v) is 2.71. The van der Waals surface area contributed by atoms with Crippen LogP contribution in [0, 0.1) is 0 Å². The normalized spacial score (nSPS) is 8.93. The molecule has 0 bridgehead atoms. The third-order valence-corrected chi connectivity index (χ3v) is 1.91. The average Bonchev–Trinajstić information content (AvgIpc) is 2.85. The summed E-state index contributed by atoms with van der Waals surface area (Å²) in [4.78, 5) is 0. The molecule has 0 aliphatic carbocycles. The zero-order valence-electron chi connectivity index (χ0n) is 9.22. The van der Waals surface area contributed by atoms with Gasteiger partial charge in [0.2, 0.25) is 0 Å². The van der Waals surface area contributed by atoms with Crippen LogP contribution in [0.1, 0.15) is 19.4 Å². The van der Waals surface area contributed by atoms with Crippen LogP contribution < -0.4 is 0 Å². The Kier molecular flexibility index (Phi) is 4.35. The largest absolute Gasteiger partial charge is 0.240 e.